The molecule has 1 N–H and O–H groups in total. The maximum absolute atomic E-state index is 11.9. The molecule has 1 fully saturated rings. The zero-order valence-electron chi connectivity index (χ0n) is 11.9. The lowest BCUT2D eigenvalue weighted by Crippen LogP contribution is -2.53. The lowest BCUT2D eigenvalue weighted by Gasteiger charge is -2.36. The first-order chi connectivity index (χ1) is 8.87. The van der Waals surface area contributed by atoms with E-state index in [9.17, 15) is 13.2 Å². The molecule has 112 valence electrons. The molecular formula is C12H24N2O4S. The second-order valence-corrected chi connectivity index (χ2v) is 6.68. The Bertz CT molecular complexity index is 397. The molecular weight excluding hydrogens is 268 g/mol. The molecule has 19 heavy (non-hydrogen) atoms. The van der Waals surface area contributed by atoms with E-state index in [2.05, 4.69) is 4.72 Å². The van der Waals surface area contributed by atoms with Crippen molar-refractivity contribution in [2.24, 2.45) is 0 Å². The van der Waals surface area contributed by atoms with Gasteiger partial charge in [0.25, 0.3) is 0 Å². The number of sulfonamides is 1. The quantitative estimate of drug-likeness (QED) is 0.715. The smallest absolute Gasteiger partial charge is 0.323 e. The maximum atomic E-state index is 11.9. The fourth-order valence-electron chi connectivity index (χ4n) is 2.50. The molecule has 0 spiro atoms. The van der Waals surface area contributed by atoms with E-state index in [0.717, 1.165) is 25.6 Å². The van der Waals surface area contributed by atoms with Crippen molar-refractivity contribution in [3.63, 3.8) is 0 Å². The molecule has 6 nitrogen and oxygen atoms in total. The van der Waals surface area contributed by atoms with E-state index in [-0.39, 0.29) is 18.1 Å². The number of nitrogens with one attached hydrogen (secondary N) is 1. The normalized spacial score (nSPS) is 23.0. The number of carbonyl (C=O) groups is 1. The lowest BCUT2D eigenvalue weighted by atomic mass is 10.0. The molecule has 0 amide bonds. The summed E-state index contributed by atoms with van der Waals surface area (Å²) in [6, 6.07) is -0.392. The summed E-state index contributed by atoms with van der Waals surface area (Å²) in [5.41, 5.74) is 0. The Hall–Kier alpha value is -0.660. The number of ether oxygens (including phenoxy) is 1. The summed E-state index contributed by atoms with van der Waals surface area (Å²) >= 11 is 0. The zero-order chi connectivity index (χ0) is 14.5. The van der Waals surface area contributed by atoms with Crippen molar-refractivity contribution in [1.82, 2.24) is 9.62 Å². The molecule has 0 aromatic carbocycles. The lowest BCUT2D eigenvalue weighted by molar-refractivity contribution is -0.150. The van der Waals surface area contributed by atoms with Crippen LogP contribution in [0, 0.1) is 0 Å². The third-order valence-corrected chi connectivity index (χ3v) is 3.98. The molecule has 0 radical (unpaired) electrons. The van der Waals surface area contributed by atoms with E-state index >= 15 is 0 Å². The Balaban J connectivity index is 2.64. The fraction of sp³-hybridized carbons (Fsp3) is 0.917. The summed E-state index contributed by atoms with van der Waals surface area (Å²) in [7, 11) is -3.20. The largest absolute Gasteiger partial charge is 0.465 e. The number of carbonyl (C=O) groups excluding carboxylic acids is 1. The summed E-state index contributed by atoms with van der Waals surface area (Å²) in [6.07, 6.45) is 3.52. The summed E-state index contributed by atoms with van der Waals surface area (Å²) in [4.78, 5) is 13.9. The number of likely N-dealkylation sites (tertiary alicyclic amines) is 1. The fourth-order valence-corrected chi connectivity index (χ4v) is 3.30. The van der Waals surface area contributed by atoms with Gasteiger partial charge in [0.2, 0.25) is 10.0 Å². The van der Waals surface area contributed by atoms with Crippen LogP contribution in [-0.2, 0) is 19.6 Å². The van der Waals surface area contributed by atoms with Crippen molar-refractivity contribution in [3.05, 3.63) is 0 Å². The molecule has 1 saturated heterocycles. The van der Waals surface area contributed by atoms with Crippen LogP contribution >= 0.6 is 0 Å². The molecule has 0 aromatic heterocycles. The molecule has 0 saturated carbocycles. The second-order valence-electron chi connectivity index (χ2n) is 4.90. The standard InChI is InChI=1S/C12H24N2O4S/c1-4-11(12(15)18-5-2)14-8-6-7-10(9-14)13-19(3,16)17/h10-11,13H,4-9H2,1-3H3/t10-,11+/m1/s1. The predicted octanol–water partition coefficient (Wildman–Crippen LogP) is 0.342. The van der Waals surface area contributed by atoms with Gasteiger partial charge in [-0.3, -0.25) is 9.69 Å². The van der Waals surface area contributed by atoms with Crippen LogP contribution in [-0.4, -0.2) is 57.3 Å². The van der Waals surface area contributed by atoms with Gasteiger partial charge in [-0.05, 0) is 32.7 Å². The molecule has 0 bridgehead atoms. The molecule has 7 heteroatoms. The number of hydrogen-bond acceptors (Lipinski definition) is 5. The SMILES string of the molecule is CCOC(=O)[C@H](CC)N1CCC[C@@H](NS(C)(=O)=O)C1. The van der Waals surface area contributed by atoms with Crippen molar-refractivity contribution < 1.29 is 17.9 Å². The summed E-state index contributed by atoms with van der Waals surface area (Å²) in [6.45, 7) is 5.46. The molecule has 1 aliphatic heterocycles. The average molecular weight is 292 g/mol. The summed E-state index contributed by atoms with van der Waals surface area (Å²) < 4.78 is 30.2. The predicted molar refractivity (Wildman–Crippen MR) is 73.3 cm³/mol. The maximum Gasteiger partial charge on any atom is 0.323 e. The summed E-state index contributed by atoms with van der Waals surface area (Å²) in [5, 5.41) is 0. The number of esters is 1. The minimum absolute atomic E-state index is 0.118. The first kappa shape index (κ1) is 16.4. The van der Waals surface area contributed by atoms with E-state index < -0.39 is 10.0 Å². The molecule has 0 unspecified atom stereocenters. The Morgan fingerprint density at radius 1 is 1.47 bits per heavy atom. The van der Waals surface area contributed by atoms with Crippen LogP contribution in [0.2, 0.25) is 0 Å². The molecule has 1 heterocycles. The Labute approximate surface area is 115 Å². The Morgan fingerprint density at radius 3 is 2.68 bits per heavy atom. The Morgan fingerprint density at radius 2 is 2.16 bits per heavy atom. The van der Waals surface area contributed by atoms with E-state index in [4.69, 9.17) is 4.74 Å². The van der Waals surface area contributed by atoms with Crippen LogP contribution < -0.4 is 4.72 Å². The van der Waals surface area contributed by atoms with Crippen LogP contribution in [0.3, 0.4) is 0 Å². The van der Waals surface area contributed by atoms with Crippen molar-refractivity contribution in [2.45, 2.75) is 45.2 Å². The highest BCUT2D eigenvalue weighted by molar-refractivity contribution is 7.88. The highest BCUT2D eigenvalue weighted by Crippen LogP contribution is 2.16. The number of nitrogens with zero attached hydrogens (tertiary/aromatic N) is 1. The van der Waals surface area contributed by atoms with Crippen molar-refractivity contribution in [3.8, 4) is 0 Å². The zero-order valence-corrected chi connectivity index (χ0v) is 12.7. The first-order valence-corrected chi connectivity index (χ1v) is 8.64. The van der Waals surface area contributed by atoms with Crippen LogP contribution in [0.25, 0.3) is 0 Å². The first-order valence-electron chi connectivity index (χ1n) is 6.75. The minimum Gasteiger partial charge on any atom is -0.465 e. The van der Waals surface area contributed by atoms with Gasteiger partial charge in [-0.25, -0.2) is 13.1 Å². The molecule has 1 aliphatic rings. The third-order valence-electron chi connectivity index (χ3n) is 3.22. The van der Waals surface area contributed by atoms with Crippen molar-refractivity contribution in [1.29, 1.82) is 0 Å². The van der Waals surface area contributed by atoms with Crippen molar-refractivity contribution in [2.75, 3.05) is 26.0 Å². The molecule has 0 aromatic rings. The third kappa shape index (κ3) is 5.46. The topological polar surface area (TPSA) is 75.7 Å². The number of piperidine rings is 1. The highest BCUT2D eigenvalue weighted by Gasteiger charge is 2.31. The van der Waals surface area contributed by atoms with Crippen LogP contribution in [0.5, 0.6) is 0 Å². The van der Waals surface area contributed by atoms with Gasteiger partial charge in [-0.1, -0.05) is 6.92 Å². The monoisotopic (exact) mass is 292 g/mol. The van der Waals surface area contributed by atoms with E-state index in [0.29, 0.717) is 19.6 Å². The van der Waals surface area contributed by atoms with Gasteiger partial charge in [-0.15, -0.1) is 0 Å². The van der Waals surface area contributed by atoms with E-state index in [1.807, 2.05) is 11.8 Å². The van der Waals surface area contributed by atoms with Crippen LogP contribution in [0.4, 0.5) is 0 Å². The van der Waals surface area contributed by atoms with Gasteiger partial charge >= 0.3 is 5.97 Å². The van der Waals surface area contributed by atoms with Gasteiger partial charge in [0, 0.05) is 12.6 Å². The Kier molecular flexibility index (Phi) is 6.22. The van der Waals surface area contributed by atoms with E-state index in [1.165, 1.54) is 0 Å². The van der Waals surface area contributed by atoms with Crippen molar-refractivity contribution >= 4 is 16.0 Å². The molecule has 0 aliphatic carbocycles. The van der Waals surface area contributed by atoms with Crippen LogP contribution in [0.15, 0.2) is 0 Å². The number of hydrogen-bond donors (Lipinski definition) is 1. The van der Waals surface area contributed by atoms with Gasteiger partial charge < -0.3 is 4.74 Å². The molecule has 1 rings (SSSR count). The van der Waals surface area contributed by atoms with E-state index in [1.54, 1.807) is 6.92 Å². The number of rotatable bonds is 6. The van der Waals surface area contributed by atoms with Gasteiger partial charge in [0.15, 0.2) is 0 Å². The van der Waals surface area contributed by atoms with Gasteiger partial charge in [-0.2, -0.15) is 0 Å². The van der Waals surface area contributed by atoms with Crippen LogP contribution in [0.1, 0.15) is 33.1 Å². The highest BCUT2D eigenvalue weighted by atomic mass is 32.2. The second kappa shape index (κ2) is 7.21. The summed E-state index contributed by atoms with van der Waals surface area (Å²) in [5.74, 6) is -0.218. The van der Waals surface area contributed by atoms with Gasteiger partial charge in [0.1, 0.15) is 6.04 Å². The average Bonchev–Trinajstić information content (AvgIpc) is 2.28. The minimum atomic E-state index is -3.20. The van der Waals surface area contributed by atoms with Gasteiger partial charge in [0.05, 0.1) is 12.9 Å². The molecule has 2 atom stereocenters.